The van der Waals surface area contributed by atoms with Gasteiger partial charge in [-0.1, -0.05) is 53.9 Å². The summed E-state index contributed by atoms with van der Waals surface area (Å²) in [6.07, 6.45) is 11.1. The van der Waals surface area contributed by atoms with Gasteiger partial charge in [-0.05, 0) is 50.0 Å². The summed E-state index contributed by atoms with van der Waals surface area (Å²) >= 11 is 0. The summed E-state index contributed by atoms with van der Waals surface area (Å²) in [5, 5.41) is 3.64. The molecule has 124 valence electrons. The van der Waals surface area contributed by atoms with Crippen LogP contribution in [-0.4, -0.2) is 24.3 Å². The van der Waals surface area contributed by atoms with Crippen molar-refractivity contribution in [2.24, 2.45) is 11.3 Å². The molecule has 2 heteroatoms. The molecule has 2 atom stereocenters. The van der Waals surface area contributed by atoms with Crippen LogP contribution in [0.4, 0.5) is 0 Å². The van der Waals surface area contributed by atoms with E-state index in [1.54, 1.807) is 0 Å². The minimum absolute atomic E-state index is 0.275. The predicted molar refractivity (Wildman–Crippen MR) is 90.6 cm³/mol. The monoisotopic (exact) mass is 295 g/mol. The molecule has 0 aromatic carbocycles. The summed E-state index contributed by atoms with van der Waals surface area (Å²) in [6, 6.07) is 0.573. The van der Waals surface area contributed by atoms with E-state index in [-0.39, 0.29) is 5.60 Å². The molecular weight excluding hydrogens is 258 g/mol. The zero-order valence-corrected chi connectivity index (χ0v) is 15.0. The molecule has 2 rings (SSSR count). The van der Waals surface area contributed by atoms with Gasteiger partial charge in [0.2, 0.25) is 0 Å². The molecule has 1 saturated carbocycles. The second-order valence-corrected chi connectivity index (χ2v) is 8.88. The molecule has 1 aliphatic heterocycles. The van der Waals surface area contributed by atoms with Crippen LogP contribution < -0.4 is 5.32 Å². The lowest BCUT2D eigenvalue weighted by Crippen LogP contribution is -2.38. The Morgan fingerprint density at radius 2 is 1.76 bits per heavy atom. The Morgan fingerprint density at radius 1 is 1.10 bits per heavy atom. The first kappa shape index (κ1) is 17.3. The fourth-order valence-corrected chi connectivity index (χ4v) is 4.06. The molecule has 0 aromatic rings. The predicted octanol–water partition coefficient (Wildman–Crippen LogP) is 4.92. The maximum absolute atomic E-state index is 6.59. The zero-order valence-electron chi connectivity index (χ0n) is 15.0. The number of hydrogen-bond acceptors (Lipinski definition) is 2. The molecule has 21 heavy (non-hydrogen) atoms. The SMILES string of the molecule is CC(C)NCC(CC1CCC2(CCCCC2)O1)C(C)(C)C. The molecule has 2 nitrogen and oxygen atoms in total. The first-order valence-electron chi connectivity index (χ1n) is 9.22. The summed E-state index contributed by atoms with van der Waals surface area (Å²) in [5.74, 6) is 0.698. The molecule has 2 unspecified atom stereocenters. The summed E-state index contributed by atoms with van der Waals surface area (Å²) in [5.41, 5.74) is 0.629. The second-order valence-electron chi connectivity index (χ2n) is 8.88. The van der Waals surface area contributed by atoms with Crippen LogP contribution in [0.15, 0.2) is 0 Å². The number of nitrogens with one attached hydrogen (secondary N) is 1. The van der Waals surface area contributed by atoms with E-state index < -0.39 is 0 Å². The first-order valence-corrected chi connectivity index (χ1v) is 9.22. The van der Waals surface area contributed by atoms with Crippen LogP contribution in [-0.2, 0) is 4.74 Å². The highest BCUT2D eigenvalue weighted by atomic mass is 16.5. The Morgan fingerprint density at radius 3 is 2.33 bits per heavy atom. The Labute approximate surface area is 132 Å². The number of rotatable bonds is 5. The Kier molecular flexibility index (Phi) is 5.76. The number of ether oxygens (including phenoxy) is 1. The first-order chi connectivity index (χ1) is 9.81. The maximum atomic E-state index is 6.59. The van der Waals surface area contributed by atoms with Crippen LogP contribution >= 0.6 is 0 Å². The van der Waals surface area contributed by atoms with E-state index in [1.807, 2.05) is 0 Å². The van der Waals surface area contributed by atoms with Crippen LogP contribution in [0, 0.1) is 11.3 Å². The Balaban J connectivity index is 1.88. The molecule has 1 saturated heterocycles. The number of hydrogen-bond donors (Lipinski definition) is 1. The van der Waals surface area contributed by atoms with Gasteiger partial charge in [-0.15, -0.1) is 0 Å². The van der Waals surface area contributed by atoms with Gasteiger partial charge in [-0.2, -0.15) is 0 Å². The standard InChI is InChI=1S/C19H37NO/c1-15(2)20-14-16(18(3,4)5)13-17-9-12-19(21-17)10-7-6-8-11-19/h15-17,20H,6-14H2,1-5H3. The highest BCUT2D eigenvalue weighted by Crippen LogP contribution is 2.44. The van der Waals surface area contributed by atoms with Crippen molar-refractivity contribution < 1.29 is 4.74 Å². The molecule has 0 aromatic heterocycles. The fraction of sp³-hybridized carbons (Fsp3) is 1.00. The van der Waals surface area contributed by atoms with Crippen LogP contribution in [0.2, 0.25) is 0 Å². The molecule has 0 radical (unpaired) electrons. The van der Waals surface area contributed by atoms with Crippen molar-refractivity contribution in [2.75, 3.05) is 6.54 Å². The Hall–Kier alpha value is -0.0800. The molecule has 1 N–H and O–H groups in total. The summed E-state index contributed by atoms with van der Waals surface area (Å²) in [6.45, 7) is 12.7. The van der Waals surface area contributed by atoms with Gasteiger partial charge in [0, 0.05) is 6.04 Å². The van der Waals surface area contributed by atoms with Crippen LogP contribution in [0.1, 0.15) is 86.0 Å². The van der Waals surface area contributed by atoms with Crippen molar-refractivity contribution in [1.82, 2.24) is 5.32 Å². The molecule has 0 amide bonds. The van der Waals surface area contributed by atoms with E-state index in [2.05, 4.69) is 39.9 Å². The molecule has 2 aliphatic rings. The minimum atomic E-state index is 0.275. The van der Waals surface area contributed by atoms with Gasteiger partial charge in [0.15, 0.2) is 0 Å². The molecule has 1 spiro atoms. The van der Waals surface area contributed by atoms with E-state index in [9.17, 15) is 0 Å². The minimum Gasteiger partial charge on any atom is -0.372 e. The van der Waals surface area contributed by atoms with Gasteiger partial charge in [0.1, 0.15) is 0 Å². The largest absolute Gasteiger partial charge is 0.372 e. The van der Waals surface area contributed by atoms with Crippen molar-refractivity contribution in [3.8, 4) is 0 Å². The normalized spacial score (nSPS) is 27.4. The molecule has 2 fully saturated rings. The van der Waals surface area contributed by atoms with E-state index in [0.29, 0.717) is 23.5 Å². The van der Waals surface area contributed by atoms with E-state index in [0.717, 1.165) is 6.54 Å². The van der Waals surface area contributed by atoms with E-state index >= 15 is 0 Å². The van der Waals surface area contributed by atoms with Crippen molar-refractivity contribution in [1.29, 1.82) is 0 Å². The fourth-order valence-electron chi connectivity index (χ4n) is 4.06. The maximum Gasteiger partial charge on any atom is 0.0687 e. The highest BCUT2D eigenvalue weighted by Gasteiger charge is 2.42. The van der Waals surface area contributed by atoms with Crippen LogP contribution in [0.3, 0.4) is 0 Å². The highest BCUT2D eigenvalue weighted by molar-refractivity contribution is 4.93. The van der Waals surface area contributed by atoms with Gasteiger partial charge in [0.25, 0.3) is 0 Å². The van der Waals surface area contributed by atoms with Gasteiger partial charge in [-0.25, -0.2) is 0 Å². The summed E-state index contributed by atoms with van der Waals surface area (Å²) in [7, 11) is 0. The van der Waals surface area contributed by atoms with Gasteiger partial charge in [-0.3, -0.25) is 0 Å². The van der Waals surface area contributed by atoms with E-state index in [1.165, 1.54) is 51.4 Å². The second kappa shape index (κ2) is 7.00. The summed E-state index contributed by atoms with van der Waals surface area (Å²) in [4.78, 5) is 0. The van der Waals surface area contributed by atoms with Crippen molar-refractivity contribution in [2.45, 2.75) is 104 Å². The van der Waals surface area contributed by atoms with E-state index in [4.69, 9.17) is 4.74 Å². The third-order valence-corrected chi connectivity index (χ3v) is 5.65. The van der Waals surface area contributed by atoms with Crippen LogP contribution in [0.25, 0.3) is 0 Å². The van der Waals surface area contributed by atoms with Crippen molar-refractivity contribution >= 4 is 0 Å². The topological polar surface area (TPSA) is 21.3 Å². The lowest BCUT2D eigenvalue weighted by Gasteiger charge is -2.36. The lowest BCUT2D eigenvalue weighted by atomic mass is 9.77. The Bertz CT molecular complexity index is 312. The van der Waals surface area contributed by atoms with Gasteiger partial charge >= 0.3 is 0 Å². The zero-order chi connectivity index (χ0) is 15.5. The van der Waals surface area contributed by atoms with Crippen molar-refractivity contribution in [3.05, 3.63) is 0 Å². The molecule has 1 heterocycles. The average Bonchev–Trinajstić information content (AvgIpc) is 2.76. The third kappa shape index (κ3) is 4.96. The molecule has 1 aliphatic carbocycles. The summed E-state index contributed by atoms with van der Waals surface area (Å²) < 4.78 is 6.59. The van der Waals surface area contributed by atoms with Crippen molar-refractivity contribution in [3.63, 3.8) is 0 Å². The third-order valence-electron chi connectivity index (χ3n) is 5.65. The lowest BCUT2D eigenvalue weighted by molar-refractivity contribution is -0.0740. The van der Waals surface area contributed by atoms with Gasteiger partial charge in [0.05, 0.1) is 11.7 Å². The molecular formula is C19H37NO. The average molecular weight is 296 g/mol. The van der Waals surface area contributed by atoms with Gasteiger partial charge < -0.3 is 10.1 Å². The quantitative estimate of drug-likeness (QED) is 0.777. The smallest absolute Gasteiger partial charge is 0.0687 e. The molecule has 0 bridgehead atoms. The van der Waals surface area contributed by atoms with Crippen LogP contribution in [0.5, 0.6) is 0 Å².